The van der Waals surface area contributed by atoms with E-state index in [0.29, 0.717) is 12.0 Å². The lowest BCUT2D eigenvalue weighted by atomic mass is 9.82. The summed E-state index contributed by atoms with van der Waals surface area (Å²) in [6.45, 7) is 4.27. The second-order valence-corrected chi connectivity index (χ2v) is 5.78. The van der Waals surface area contributed by atoms with E-state index < -0.39 is 5.54 Å². The minimum atomic E-state index is -0.703. The van der Waals surface area contributed by atoms with Crippen molar-refractivity contribution in [3.63, 3.8) is 0 Å². The van der Waals surface area contributed by atoms with E-state index in [-0.39, 0.29) is 5.97 Å². The van der Waals surface area contributed by atoms with Gasteiger partial charge in [0.05, 0.1) is 7.11 Å². The van der Waals surface area contributed by atoms with Crippen molar-refractivity contribution in [2.75, 3.05) is 7.11 Å². The van der Waals surface area contributed by atoms with Crippen LogP contribution in [0.4, 0.5) is 0 Å². The Labute approximate surface area is 115 Å². The van der Waals surface area contributed by atoms with Crippen LogP contribution in [-0.2, 0) is 15.1 Å². The van der Waals surface area contributed by atoms with Crippen molar-refractivity contribution in [3.8, 4) is 0 Å². The fourth-order valence-corrected chi connectivity index (χ4v) is 2.61. The standard InChI is InChI=1S/C16H23NO2/c1-12(2)11-16(15(18)19-3,17-14-9-10-14)13-7-5-4-6-8-13/h4-8,12,14,17H,9-11H2,1-3H3. The summed E-state index contributed by atoms with van der Waals surface area (Å²) in [6, 6.07) is 10.4. The first kappa shape index (κ1) is 14.1. The minimum Gasteiger partial charge on any atom is -0.467 e. The molecular weight excluding hydrogens is 238 g/mol. The molecule has 0 spiro atoms. The lowest BCUT2D eigenvalue weighted by Crippen LogP contribution is -2.51. The molecule has 0 radical (unpaired) electrons. The van der Waals surface area contributed by atoms with Gasteiger partial charge in [-0.05, 0) is 30.7 Å². The van der Waals surface area contributed by atoms with E-state index in [4.69, 9.17) is 4.74 Å². The van der Waals surface area contributed by atoms with Gasteiger partial charge in [-0.2, -0.15) is 0 Å². The van der Waals surface area contributed by atoms with Crippen LogP contribution >= 0.6 is 0 Å². The lowest BCUT2D eigenvalue weighted by molar-refractivity contribution is -0.150. The monoisotopic (exact) mass is 261 g/mol. The van der Waals surface area contributed by atoms with Crippen molar-refractivity contribution in [3.05, 3.63) is 35.9 Å². The normalized spacial score (nSPS) is 18.1. The second-order valence-electron chi connectivity index (χ2n) is 5.78. The van der Waals surface area contributed by atoms with Crippen molar-refractivity contribution in [1.82, 2.24) is 5.32 Å². The first-order chi connectivity index (χ1) is 9.08. The molecular formula is C16H23NO2. The molecule has 2 rings (SSSR count). The molecule has 1 N–H and O–H groups in total. The Bertz CT molecular complexity index is 420. The Morgan fingerprint density at radius 2 is 2.00 bits per heavy atom. The first-order valence-corrected chi connectivity index (χ1v) is 7.00. The Kier molecular flexibility index (Phi) is 4.25. The minimum absolute atomic E-state index is 0.181. The summed E-state index contributed by atoms with van der Waals surface area (Å²) in [5, 5.41) is 3.53. The van der Waals surface area contributed by atoms with E-state index in [2.05, 4.69) is 19.2 Å². The summed E-state index contributed by atoms with van der Waals surface area (Å²) < 4.78 is 5.10. The highest BCUT2D eigenvalue weighted by Crippen LogP contribution is 2.34. The van der Waals surface area contributed by atoms with Crippen LogP contribution in [-0.4, -0.2) is 19.1 Å². The van der Waals surface area contributed by atoms with Crippen LogP contribution in [0, 0.1) is 5.92 Å². The Morgan fingerprint density at radius 1 is 1.37 bits per heavy atom. The zero-order valence-electron chi connectivity index (χ0n) is 12.0. The smallest absolute Gasteiger partial charge is 0.330 e. The van der Waals surface area contributed by atoms with E-state index in [0.717, 1.165) is 24.8 Å². The van der Waals surface area contributed by atoms with Crippen molar-refractivity contribution in [1.29, 1.82) is 0 Å². The van der Waals surface area contributed by atoms with Gasteiger partial charge in [-0.25, -0.2) is 4.79 Å². The number of benzene rings is 1. The third kappa shape index (κ3) is 3.16. The van der Waals surface area contributed by atoms with Crippen LogP contribution in [0.3, 0.4) is 0 Å². The van der Waals surface area contributed by atoms with Crippen LogP contribution in [0.15, 0.2) is 30.3 Å². The third-order valence-electron chi connectivity index (χ3n) is 3.54. The van der Waals surface area contributed by atoms with Gasteiger partial charge in [-0.3, -0.25) is 5.32 Å². The maximum absolute atomic E-state index is 12.4. The molecule has 1 aliphatic rings. The molecule has 1 atom stereocenters. The van der Waals surface area contributed by atoms with Gasteiger partial charge in [0, 0.05) is 6.04 Å². The van der Waals surface area contributed by atoms with Crippen LogP contribution < -0.4 is 5.32 Å². The molecule has 1 unspecified atom stereocenters. The van der Waals surface area contributed by atoms with Gasteiger partial charge in [-0.15, -0.1) is 0 Å². The summed E-state index contributed by atoms with van der Waals surface area (Å²) >= 11 is 0. The quantitative estimate of drug-likeness (QED) is 0.800. The molecule has 0 saturated heterocycles. The number of hydrogen-bond acceptors (Lipinski definition) is 3. The predicted octanol–water partition coefficient (Wildman–Crippen LogP) is 2.85. The maximum atomic E-state index is 12.4. The summed E-state index contributed by atoms with van der Waals surface area (Å²) in [4.78, 5) is 12.4. The number of methoxy groups -OCH3 is 1. The number of carbonyl (C=O) groups excluding carboxylic acids is 1. The molecule has 19 heavy (non-hydrogen) atoms. The second kappa shape index (κ2) is 5.74. The van der Waals surface area contributed by atoms with Crippen molar-refractivity contribution in [2.24, 2.45) is 5.92 Å². The molecule has 0 heterocycles. The summed E-state index contributed by atoms with van der Waals surface area (Å²) in [5.41, 5.74) is 0.299. The number of nitrogens with one attached hydrogen (secondary N) is 1. The van der Waals surface area contributed by atoms with Crippen LogP contribution in [0.2, 0.25) is 0 Å². The third-order valence-corrected chi connectivity index (χ3v) is 3.54. The molecule has 1 fully saturated rings. The number of carbonyl (C=O) groups is 1. The zero-order chi connectivity index (χ0) is 13.9. The highest BCUT2D eigenvalue weighted by atomic mass is 16.5. The number of hydrogen-bond donors (Lipinski definition) is 1. The number of ether oxygens (including phenoxy) is 1. The zero-order valence-corrected chi connectivity index (χ0v) is 12.0. The molecule has 1 aromatic rings. The van der Waals surface area contributed by atoms with Gasteiger partial charge in [0.1, 0.15) is 5.54 Å². The van der Waals surface area contributed by atoms with Gasteiger partial charge >= 0.3 is 5.97 Å². The SMILES string of the molecule is COC(=O)C(CC(C)C)(NC1CC1)c1ccccc1. The van der Waals surface area contributed by atoms with Crippen LogP contribution in [0.25, 0.3) is 0 Å². The molecule has 0 bridgehead atoms. The van der Waals surface area contributed by atoms with Gasteiger partial charge in [0.15, 0.2) is 0 Å². The molecule has 0 aromatic heterocycles. The Balaban J connectivity index is 2.40. The highest BCUT2D eigenvalue weighted by molar-refractivity contribution is 5.82. The van der Waals surface area contributed by atoms with E-state index in [1.807, 2.05) is 30.3 Å². The topological polar surface area (TPSA) is 38.3 Å². The molecule has 1 saturated carbocycles. The predicted molar refractivity (Wildman–Crippen MR) is 75.7 cm³/mol. The summed E-state index contributed by atoms with van der Waals surface area (Å²) in [5.74, 6) is 0.227. The maximum Gasteiger partial charge on any atom is 0.330 e. The molecule has 0 amide bonds. The average Bonchev–Trinajstić information content (AvgIpc) is 3.21. The lowest BCUT2D eigenvalue weighted by Gasteiger charge is -2.34. The summed E-state index contributed by atoms with van der Waals surface area (Å²) in [7, 11) is 1.47. The summed E-state index contributed by atoms with van der Waals surface area (Å²) in [6.07, 6.45) is 3.04. The number of esters is 1. The molecule has 1 aromatic carbocycles. The van der Waals surface area contributed by atoms with Gasteiger partial charge < -0.3 is 4.74 Å². The van der Waals surface area contributed by atoms with Gasteiger partial charge in [-0.1, -0.05) is 44.2 Å². The largest absolute Gasteiger partial charge is 0.467 e. The molecule has 3 heteroatoms. The Hall–Kier alpha value is -1.35. The van der Waals surface area contributed by atoms with Crippen molar-refractivity contribution >= 4 is 5.97 Å². The van der Waals surface area contributed by atoms with E-state index in [1.165, 1.54) is 7.11 Å². The fraction of sp³-hybridized carbons (Fsp3) is 0.562. The molecule has 0 aliphatic heterocycles. The molecule has 3 nitrogen and oxygen atoms in total. The van der Waals surface area contributed by atoms with Crippen LogP contribution in [0.1, 0.15) is 38.7 Å². The Morgan fingerprint density at radius 3 is 2.47 bits per heavy atom. The van der Waals surface area contributed by atoms with Crippen molar-refractivity contribution in [2.45, 2.75) is 44.7 Å². The van der Waals surface area contributed by atoms with Gasteiger partial charge in [0.2, 0.25) is 0 Å². The van der Waals surface area contributed by atoms with E-state index >= 15 is 0 Å². The molecule has 1 aliphatic carbocycles. The van der Waals surface area contributed by atoms with Gasteiger partial charge in [0.25, 0.3) is 0 Å². The van der Waals surface area contributed by atoms with E-state index in [9.17, 15) is 4.79 Å². The van der Waals surface area contributed by atoms with Crippen molar-refractivity contribution < 1.29 is 9.53 Å². The van der Waals surface area contributed by atoms with Crippen LogP contribution in [0.5, 0.6) is 0 Å². The molecule has 104 valence electrons. The van der Waals surface area contributed by atoms with E-state index in [1.54, 1.807) is 0 Å². The fourth-order valence-electron chi connectivity index (χ4n) is 2.61. The first-order valence-electron chi connectivity index (χ1n) is 7.00. The average molecular weight is 261 g/mol. The highest BCUT2D eigenvalue weighted by Gasteiger charge is 2.45. The number of rotatable bonds is 6.